The third kappa shape index (κ3) is 4.06. The van der Waals surface area contributed by atoms with Crippen LogP contribution in [-0.2, 0) is 6.54 Å². The van der Waals surface area contributed by atoms with Crippen molar-refractivity contribution >= 4 is 16.7 Å². The lowest BCUT2D eigenvalue weighted by Crippen LogP contribution is -2.09. The summed E-state index contributed by atoms with van der Waals surface area (Å²) >= 11 is 0. The van der Waals surface area contributed by atoms with Crippen molar-refractivity contribution in [2.75, 3.05) is 19.5 Å². The molecule has 0 aliphatic heterocycles. The summed E-state index contributed by atoms with van der Waals surface area (Å²) < 4.78 is 10.8. The minimum atomic E-state index is 0.0897. The first-order chi connectivity index (χ1) is 14.7. The van der Waals surface area contributed by atoms with E-state index < -0.39 is 0 Å². The summed E-state index contributed by atoms with van der Waals surface area (Å²) in [5.41, 5.74) is 3.14. The lowest BCUT2D eigenvalue weighted by atomic mass is 10.0. The molecule has 0 spiro atoms. The molecule has 0 aliphatic rings. The monoisotopic (exact) mass is 399 g/mol. The van der Waals surface area contributed by atoms with Crippen LogP contribution in [0.25, 0.3) is 10.9 Å². The van der Waals surface area contributed by atoms with Crippen molar-refractivity contribution in [2.45, 2.75) is 19.4 Å². The zero-order chi connectivity index (χ0) is 20.9. The smallest absolute Gasteiger partial charge is 0.138 e. The van der Waals surface area contributed by atoms with Crippen molar-refractivity contribution < 1.29 is 9.47 Å². The molecule has 1 aromatic heterocycles. The van der Waals surface area contributed by atoms with Crippen LogP contribution in [0.3, 0.4) is 0 Å². The Labute approximate surface area is 176 Å². The Hall–Kier alpha value is -3.60. The Morgan fingerprint density at radius 2 is 1.63 bits per heavy atom. The zero-order valence-corrected chi connectivity index (χ0v) is 17.4. The number of aromatic nitrogens is 2. The number of nitrogens with zero attached hydrogens (tertiary/aromatic N) is 2. The van der Waals surface area contributed by atoms with Gasteiger partial charge in [-0.25, -0.2) is 9.97 Å². The summed E-state index contributed by atoms with van der Waals surface area (Å²) in [5, 5.41) is 4.49. The van der Waals surface area contributed by atoms with Gasteiger partial charge in [0, 0.05) is 29.5 Å². The molecule has 0 saturated carbocycles. The summed E-state index contributed by atoms with van der Waals surface area (Å²) in [4.78, 5) is 9.73. The molecule has 1 N–H and O–H groups in total. The van der Waals surface area contributed by atoms with Crippen molar-refractivity contribution in [3.05, 3.63) is 89.7 Å². The van der Waals surface area contributed by atoms with Crippen LogP contribution >= 0.6 is 0 Å². The standard InChI is InChI=1S/C25H25N3O2/c1-17(18-9-5-4-6-10-18)24-27-22-12-8-7-11-21(22)25(28-24)26-16-19-13-14-20(29-2)15-23(19)30-3/h4-15,17H,16H2,1-3H3,(H,26,27,28). The van der Waals surface area contributed by atoms with E-state index in [1.807, 2.05) is 60.7 Å². The Morgan fingerprint density at radius 3 is 2.40 bits per heavy atom. The van der Waals surface area contributed by atoms with E-state index in [0.717, 1.165) is 39.6 Å². The molecule has 4 aromatic rings. The molecule has 30 heavy (non-hydrogen) atoms. The molecular formula is C25H25N3O2. The van der Waals surface area contributed by atoms with E-state index in [9.17, 15) is 0 Å². The molecule has 0 bridgehead atoms. The topological polar surface area (TPSA) is 56.3 Å². The van der Waals surface area contributed by atoms with E-state index in [0.29, 0.717) is 6.54 Å². The molecule has 0 amide bonds. The lowest BCUT2D eigenvalue weighted by Gasteiger charge is -2.16. The van der Waals surface area contributed by atoms with Gasteiger partial charge in [-0.15, -0.1) is 0 Å². The number of ether oxygens (including phenoxy) is 2. The molecule has 1 atom stereocenters. The maximum atomic E-state index is 5.53. The predicted octanol–water partition coefficient (Wildman–Crippen LogP) is 5.41. The van der Waals surface area contributed by atoms with Gasteiger partial charge in [0.05, 0.1) is 19.7 Å². The van der Waals surface area contributed by atoms with Gasteiger partial charge in [0.15, 0.2) is 0 Å². The molecule has 4 rings (SSSR count). The first kappa shape index (κ1) is 19.7. The van der Waals surface area contributed by atoms with Crippen molar-refractivity contribution in [3.63, 3.8) is 0 Å². The van der Waals surface area contributed by atoms with Gasteiger partial charge in [-0.2, -0.15) is 0 Å². The van der Waals surface area contributed by atoms with Gasteiger partial charge in [0.2, 0.25) is 0 Å². The lowest BCUT2D eigenvalue weighted by molar-refractivity contribution is 0.391. The second-order valence-corrected chi connectivity index (χ2v) is 7.11. The largest absolute Gasteiger partial charge is 0.497 e. The van der Waals surface area contributed by atoms with Crippen LogP contribution < -0.4 is 14.8 Å². The average Bonchev–Trinajstić information content (AvgIpc) is 2.82. The van der Waals surface area contributed by atoms with Crippen LogP contribution in [0.1, 0.15) is 29.8 Å². The molecule has 5 nitrogen and oxygen atoms in total. The highest BCUT2D eigenvalue weighted by molar-refractivity contribution is 5.89. The van der Waals surface area contributed by atoms with Crippen LogP contribution in [0.15, 0.2) is 72.8 Å². The number of anilines is 1. The van der Waals surface area contributed by atoms with Crippen LogP contribution in [-0.4, -0.2) is 24.2 Å². The number of hydrogen-bond donors (Lipinski definition) is 1. The average molecular weight is 399 g/mol. The van der Waals surface area contributed by atoms with Gasteiger partial charge >= 0.3 is 0 Å². The van der Waals surface area contributed by atoms with Crippen LogP contribution in [0.4, 0.5) is 5.82 Å². The van der Waals surface area contributed by atoms with E-state index in [4.69, 9.17) is 19.4 Å². The molecular weight excluding hydrogens is 374 g/mol. The third-order valence-electron chi connectivity index (χ3n) is 5.25. The molecule has 1 unspecified atom stereocenters. The summed E-state index contributed by atoms with van der Waals surface area (Å²) in [6, 6.07) is 24.2. The zero-order valence-electron chi connectivity index (χ0n) is 17.4. The SMILES string of the molecule is COc1ccc(CNc2nc(C(C)c3ccccc3)nc3ccccc23)c(OC)c1. The van der Waals surface area contributed by atoms with E-state index in [-0.39, 0.29) is 5.92 Å². The summed E-state index contributed by atoms with van der Waals surface area (Å²) in [5.74, 6) is 3.24. The molecule has 5 heteroatoms. The highest BCUT2D eigenvalue weighted by atomic mass is 16.5. The number of hydrogen-bond acceptors (Lipinski definition) is 5. The first-order valence-electron chi connectivity index (χ1n) is 9.96. The maximum Gasteiger partial charge on any atom is 0.138 e. The third-order valence-corrected chi connectivity index (χ3v) is 5.25. The van der Waals surface area contributed by atoms with E-state index in [1.54, 1.807) is 14.2 Å². The Kier molecular flexibility index (Phi) is 5.80. The van der Waals surface area contributed by atoms with Crippen LogP contribution in [0.5, 0.6) is 11.5 Å². The quantitative estimate of drug-likeness (QED) is 0.450. The second-order valence-electron chi connectivity index (χ2n) is 7.11. The van der Waals surface area contributed by atoms with E-state index >= 15 is 0 Å². The summed E-state index contributed by atoms with van der Waals surface area (Å²) in [6.45, 7) is 2.71. The van der Waals surface area contributed by atoms with Crippen molar-refractivity contribution in [2.24, 2.45) is 0 Å². The number of fused-ring (bicyclic) bond motifs is 1. The van der Waals surface area contributed by atoms with Gasteiger partial charge in [-0.3, -0.25) is 0 Å². The normalized spacial score (nSPS) is 11.8. The molecule has 0 radical (unpaired) electrons. The van der Waals surface area contributed by atoms with Gasteiger partial charge < -0.3 is 14.8 Å². The minimum Gasteiger partial charge on any atom is -0.497 e. The fourth-order valence-corrected chi connectivity index (χ4v) is 3.49. The Bertz CT molecular complexity index is 1150. The second kappa shape index (κ2) is 8.82. The van der Waals surface area contributed by atoms with Gasteiger partial charge in [0.1, 0.15) is 23.1 Å². The van der Waals surface area contributed by atoms with Gasteiger partial charge in [-0.1, -0.05) is 49.4 Å². The Balaban J connectivity index is 1.68. The minimum absolute atomic E-state index is 0.0897. The van der Waals surface area contributed by atoms with E-state index in [2.05, 4.69) is 24.4 Å². The predicted molar refractivity (Wildman–Crippen MR) is 120 cm³/mol. The number of methoxy groups -OCH3 is 2. The molecule has 0 aliphatic carbocycles. The molecule has 0 fully saturated rings. The molecule has 152 valence electrons. The number of para-hydroxylation sites is 1. The van der Waals surface area contributed by atoms with Gasteiger partial charge in [-0.05, 0) is 29.8 Å². The molecule has 1 heterocycles. The number of nitrogens with one attached hydrogen (secondary N) is 1. The van der Waals surface area contributed by atoms with Gasteiger partial charge in [0.25, 0.3) is 0 Å². The fourth-order valence-electron chi connectivity index (χ4n) is 3.49. The highest BCUT2D eigenvalue weighted by Crippen LogP contribution is 2.29. The first-order valence-corrected chi connectivity index (χ1v) is 9.96. The maximum absolute atomic E-state index is 5.53. The molecule has 3 aromatic carbocycles. The summed E-state index contributed by atoms with van der Waals surface area (Å²) in [6.07, 6.45) is 0. The summed E-state index contributed by atoms with van der Waals surface area (Å²) in [7, 11) is 3.31. The number of benzene rings is 3. The Morgan fingerprint density at radius 1 is 0.867 bits per heavy atom. The number of rotatable bonds is 7. The fraction of sp³-hybridized carbons (Fsp3) is 0.200. The van der Waals surface area contributed by atoms with Crippen molar-refractivity contribution in [3.8, 4) is 11.5 Å². The highest BCUT2D eigenvalue weighted by Gasteiger charge is 2.15. The van der Waals surface area contributed by atoms with Crippen LogP contribution in [0.2, 0.25) is 0 Å². The van der Waals surface area contributed by atoms with Crippen LogP contribution in [0, 0.1) is 0 Å². The van der Waals surface area contributed by atoms with Crippen molar-refractivity contribution in [1.82, 2.24) is 9.97 Å². The van der Waals surface area contributed by atoms with Crippen molar-refractivity contribution in [1.29, 1.82) is 0 Å². The van der Waals surface area contributed by atoms with E-state index in [1.165, 1.54) is 5.56 Å². The molecule has 0 saturated heterocycles.